The molecule has 4 rings (SSSR count). The predicted octanol–water partition coefficient (Wildman–Crippen LogP) is 4.16. The van der Waals surface area contributed by atoms with Crippen molar-refractivity contribution in [2.75, 3.05) is 33.3 Å². The minimum atomic E-state index is -0.653. The van der Waals surface area contributed by atoms with Crippen molar-refractivity contribution in [2.24, 2.45) is 0 Å². The van der Waals surface area contributed by atoms with Crippen LogP contribution in [0.5, 0.6) is 11.5 Å². The van der Waals surface area contributed by atoms with Crippen LogP contribution in [0.4, 0.5) is 0 Å². The number of carbonyl (C=O) groups excluding carboxylic acids is 1. The summed E-state index contributed by atoms with van der Waals surface area (Å²) in [6.07, 6.45) is 0. The highest BCUT2D eigenvalue weighted by Gasteiger charge is 2.43. The number of para-hydroxylation sites is 1. The fourth-order valence-electron chi connectivity index (χ4n) is 4.24. The largest absolute Gasteiger partial charge is 0.503 e. The van der Waals surface area contributed by atoms with Gasteiger partial charge in [-0.25, -0.2) is 0 Å². The molecule has 0 bridgehead atoms. The highest BCUT2D eigenvalue weighted by Crippen LogP contribution is 2.43. The lowest BCUT2D eigenvalue weighted by Crippen LogP contribution is -2.37. The second-order valence-electron chi connectivity index (χ2n) is 7.65. The first-order valence-electron chi connectivity index (χ1n) is 10.6. The first kappa shape index (κ1) is 22.4. The van der Waals surface area contributed by atoms with E-state index in [1.165, 1.54) is 7.11 Å². The summed E-state index contributed by atoms with van der Waals surface area (Å²) in [5.74, 6) is -0.0326. The first-order valence-corrected chi connectivity index (χ1v) is 11.4. The molecule has 0 fully saturated rings. The number of ether oxygens (including phenoxy) is 1. The van der Waals surface area contributed by atoms with Crippen LogP contribution < -0.4 is 10.2 Å². The van der Waals surface area contributed by atoms with Crippen molar-refractivity contribution < 1.29 is 19.1 Å². The molecule has 1 aromatic heterocycles. The molecule has 0 spiro atoms. The van der Waals surface area contributed by atoms with E-state index in [1.807, 2.05) is 0 Å². The molecule has 3 aromatic rings. The fraction of sp³-hybridized carbons (Fsp3) is 0.333. The van der Waals surface area contributed by atoms with Gasteiger partial charge in [0, 0.05) is 13.1 Å². The molecule has 0 radical (unpaired) electrons. The van der Waals surface area contributed by atoms with Gasteiger partial charge in [0.1, 0.15) is 5.58 Å². The third-order valence-corrected chi connectivity index (χ3v) is 6.62. The minimum Gasteiger partial charge on any atom is -0.503 e. The van der Waals surface area contributed by atoms with Gasteiger partial charge in [-0.3, -0.25) is 9.59 Å². The molecule has 7 nitrogen and oxygen atoms in total. The Labute approximate surface area is 194 Å². The van der Waals surface area contributed by atoms with Crippen LogP contribution in [0.2, 0.25) is 0 Å². The standard InChI is InChI=1S/C24H25BrN2O5/c1-4-26(5-2)10-11-27-20(14-12-16(25)22(29)18(13-14)31-3)19-21(28)15-8-6-7-9-17(15)32-23(19)24(27)30/h6-9,12-13,20,29H,4-5,10-11H2,1-3H3. The SMILES string of the molecule is CCN(CC)CCN1C(=O)c2oc3ccccc3c(=O)c2C1c1cc(Br)c(O)c(OC)c1. The summed E-state index contributed by atoms with van der Waals surface area (Å²) in [4.78, 5) is 30.9. The number of amides is 1. The average molecular weight is 501 g/mol. The number of benzene rings is 2. The van der Waals surface area contributed by atoms with Crippen molar-refractivity contribution in [1.29, 1.82) is 0 Å². The Bertz CT molecular complexity index is 1240. The molecule has 1 aliphatic rings. The minimum absolute atomic E-state index is 0.0407. The molecule has 1 atom stereocenters. The van der Waals surface area contributed by atoms with Gasteiger partial charge in [-0.15, -0.1) is 0 Å². The molecule has 1 aliphatic heterocycles. The quantitative estimate of drug-likeness (QED) is 0.524. The Hall–Kier alpha value is -2.84. The normalized spacial score (nSPS) is 15.6. The fourth-order valence-corrected chi connectivity index (χ4v) is 4.70. The highest BCUT2D eigenvalue weighted by molar-refractivity contribution is 9.10. The number of rotatable bonds is 7. The number of halogens is 1. The zero-order valence-corrected chi connectivity index (χ0v) is 19.8. The monoisotopic (exact) mass is 500 g/mol. The van der Waals surface area contributed by atoms with Crippen molar-refractivity contribution in [3.8, 4) is 11.5 Å². The van der Waals surface area contributed by atoms with Gasteiger partial charge in [0.05, 0.1) is 28.6 Å². The summed E-state index contributed by atoms with van der Waals surface area (Å²) >= 11 is 3.36. The number of hydrogen-bond acceptors (Lipinski definition) is 6. The van der Waals surface area contributed by atoms with Crippen LogP contribution in [-0.4, -0.2) is 54.1 Å². The van der Waals surface area contributed by atoms with Gasteiger partial charge in [0.15, 0.2) is 16.9 Å². The molecule has 1 N–H and O–H groups in total. The number of phenols is 1. The number of phenolic OH excluding ortho intramolecular Hbond substituents is 1. The van der Waals surface area contributed by atoms with E-state index in [0.717, 1.165) is 13.1 Å². The predicted molar refractivity (Wildman–Crippen MR) is 126 cm³/mol. The van der Waals surface area contributed by atoms with Gasteiger partial charge in [-0.1, -0.05) is 26.0 Å². The van der Waals surface area contributed by atoms with Gasteiger partial charge < -0.3 is 24.1 Å². The van der Waals surface area contributed by atoms with Crippen LogP contribution >= 0.6 is 15.9 Å². The Morgan fingerprint density at radius 2 is 1.91 bits per heavy atom. The van der Waals surface area contributed by atoms with Crippen molar-refractivity contribution in [3.05, 3.63) is 68.0 Å². The summed E-state index contributed by atoms with van der Waals surface area (Å²) in [5.41, 5.74) is 1.13. The zero-order valence-electron chi connectivity index (χ0n) is 18.2. The number of nitrogens with zero attached hydrogens (tertiary/aromatic N) is 2. The zero-order chi connectivity index (χ0) is 23.0. The second kappa shape index (κ2) is 8.96. The van der Waals surface area contributed by atoms with E-state index in [1.54, 1.807) is 41.3 Å². The number of hydrogen-bond donors (Lipinski definition) is 1. The van der Waals surface area contributed by atoms with Crippen LogP contribution in [0, 0.1) is 0 Å². The number of aromatic hydroxyl groups is 1. The van der Waals surface area contributed by atoms with Crippen molar-refractivity contribution in [1.82, 2.24) is 9.80 Å². The van der Waals surface area contributed by atoms with Gasteiger partial charge in [-0.05, 0) is 58.8 Å². The number of likely N-dealkylation sites (N-methyl/N-ethyl adjacent to an activating group) is 1. The van der Waals surface area contributed by atoms with E-state index < -0.39 is 6.04 Å². The van der Waals surface area contributed by atoms with E-state index >= 15 is 0 Å². The van der Waals surface area contributed by atoms with E-state index in [-0.39, 0.29) is 28.6 Å². The average Bonchev–Trinajstić information content (AvgIpc) is 3.08. The number of carbonyl (C=O) groups is 1. The summed E-state index contributed by atoms with van der Waals surface area (Å²) in [5, 5.41) is 10.7. The van der Waals surface area contributed by atoms with Crippen LogP contribution in [0.3, 0.4) is 0 Å². The molecule has 2 aromatic carbocycles. The molecule has 168 valence electrons. The van der Waals surface area contributed by atoms with Gasteiger partial charge in [0.25, 0.3) is 5.91 Å². The van der Waals surface area contributed by atoms with E-state index in [2.05, 4.69) is 34.7 Å². The van der Waals surface area contributed by atoms with Gasteiger partial charge in [-0.2, -0.15) is 0 Å². The molecule has 8 heteroatoms. The third kappa shape index (κ3) is 3.67. The van der Waals surface area contributed by atoms with E-state index in [4.69, 9.17) is 9.15 Å². The van der Waals surface area contributed by atoms with Crippen LogP contribution in [0.25, 0.3) is 11.0 Å². The Balaban J connectivity index is 1.91. The Morgan fingerprint density at radius 1 is 1.19 bits per heavy atom. The third-order valence-electron chi connectivity index (χ3n) is 6.01. The van der Waals surface area contributed by atoms with Crippen LogP contribution in [0.1, 0.15) is 41.6 Å². The maximum Gasteiger partial charge on any atom is 0.290 e. The van der Waals surface area contributed by atoms with Crippen LogP contribution in [0.15, 0.2) is 50.1 Å². The molecule has 32 heavy (non-hydrogen) atoms. The first-order chi connectivity index (χ1) is 15.4. The number of fused-ring (bicyclic) bond motifs is 2. The second-order valence-corrected chi connectivity index (χ2v) is 8.51. The lowest BCUT2D eigenvalue weighted by Gasteiger charge is -2.28. The lowest BCUT2D eigenvalue weighted by molar-refractivity contribution is 0.0708. The lowest BCUT2D eigenvalue weighted by atomic mass is 9.98. The van der Waals surface area contributed by atoms with E-state index in [0.29, 0.717) is 39.7 Å². The van der Waals surface area contributed by atoms with Crippen molar-refractivity contribution in [2.45, 2.75) is 19.9 Å². The summed E-state index contributed by atoms with van der Waals surface area (Å²) in [6.45, 7) is 6.94. The molecule has 0 saturated carbocycles. The molecular weight excluding hydrogens is 476 g/mol. The van der Waals surface area contributed by atoms with Crippen LogP contribution in [-0.2, 0) is 0 Å². The van der Waals surface area contributed by atoms with Crippen molar-refractivity contribution in [3.63, 3.8) is 0 Å². The Kier molecular flexibility index (Phi) is 6.26. The van der Waals surface area contributed by atoms with Gasteiger partial charge in [0.2, 0.25) is 5.76 Å². The summed E-state index contributed by atoms with van der Waals surface area (Å²) in [7, 11) is 1.46. The molecule has 0 aliphatic carbocycles. The van der Waals surface area contributed by atoms with Gasteiger partial charge >= 0.3 is 0 Å². The van der Waals surface area contributed by atoms with E-state index in [9.17, 15) is 14.7 Å². The summed E-state index contributed by atoms with van der Waals surface area (Å²) in [6, 6.07) is 9.66. The maximum atomic E-state index is 13.5. The number of methoxy groups -OCH3 is 1. The Morgan fingerprint density at radius 3 is 2.59 bits per heavy atom. The molecule has 1 unspecified atom stereocenters. The molecule has 2 heterocycles. The summed E-state index contributed by atoms with van der Waals surface area (Å²) < 4.78 is 11.7. The molecule has 1 amide bonds. The maximum absolute atomic E-state index is 13.5. The van der Waals surface area contributed by atoms with Crippen molar-refractivity contribution >= 4 is 32.8 Å². The molecular formula is C24H25BrN2O5. The highest BCUT2D eigenvalue weighted by atomic mass is 79.9. The smallest absolute Gasteiger partial charge is 0.290 e. The topological polar surface area (TPSA) is 83.2 Å². The molecule has 0 saturated heterocycles.